The molecule has 0 amide bonds. The summed E-state index contributed by atoms with van der Waals surface area (Å²) in [5.41, 5.74) is 9.31. The van der Waals surface area contributed by atoms with Crippen LogP contribution in [0.15, 0.2) is 54.6 Å². The number of aromatic nitrogens is 2. The summed E-state index contributed by atoms with van der Waals surface area (Å²) in [7, 11) is 0. The average Bonchev–Trinajstić information content (AvgIpc) is 2.80. The molecule has 4 nitrogen and oxygen atoms in total. The Balaban J connectivity index is 2.03. The fraction of sp³-hybridized carbons (Fsp3) is 0.235. The van der Waals surface area contributed by atoms with Gasteiger partial charge in [-0.1, -0.05) is 42.5 Å². The minimum absolute atomic E-state index is 0.448. The summed E-state index contributed by atoms with van der Waals surface area (Å²) in [5, 5.41) is 10.5. The van der Waals surface area contributed by atoms with Gasteiger partial charge < -0.3 is 5.11 Å². The number of hydrogen-bond acceptors (Lipinski definition) is 2. The Kier molecular flexibility index (Phi) is 3.62. The number of aryl methyl sites for hydroxylation is 1. The molecule has 2 aromatic carbocycles. The Bertz CT molecular complexity index is 749. The number of anilines is 1. The van der Waals surface area contributed by atoms with E-state index in [2.05, 4.69) is 17.6 Å². The molecule has 3 N–H and O–H groups in total. The fourth-order valence-electron chi connectivity index (χ4n) is 2.79. The molecular formula is C17H20N3O+. The minimum atomic E-state index is -0.574. The van der Waals surface area contributed by atoms with Crippen LogP contribution in [0.2, 0.25) is 0 Å². The SMILES string of the molecule is CCn1c(N)[n+](CC(O)c2ccccc2)c2ccccc21. The molecule has 1 atom stereocenters. The molecule has 1 heterocycles. The molecule has 4 heteroatoms. The zero-order valence-electron chi connectivity index (χ0n) is 12.1. The maximum atomic E-state index is 10.5. The minimum Gasteiger partial charge on any atom is -0.385 e. The van der Waals surface area contributed by atoms with Crippen molar-refractivity contribution in [3.63, 3.8) is 0 Å². The quantitative estimate of drug-likeness (QED) is 0.721. The maximum Gasteiger partial charge on any atom is 0.356 e. The lowest BCUT2D eigenvalue weighted by atomic mass is 10.1. The molecular weight excluding hydrogens is 262 g/mol. The van der Waals surface area contributed by atoms with Crippen molar-refractivity contribution < 1.29 is 9.67 Å². The monoisotopic (exact) mass is 282 g/mol. The predicted octanol–water partition coefficient (Wildman–Crippen LogP) is 2.26. The van der Waals surface area contributed by atoms with Crippen molar-refractivity contribution in [1.82, 2.24) is 4.57 Å². The van der Waals surface area contributed by atoms with E-state index in [-0.39, 0.29) is 0 Å². The highest BCUT2D eigenvalue weighted by Crippen LogP contribution is 2.19. The van der Waals surface area contributed by atoms with E-state index in [1.54, 1.807) is 0 Å². The normalized spacial score (nSPS) is 12.7. The molecule has 0 fully saturated rings. The van der Waals surface area contributed by atoms with E-state index in [0.29, 0.717) is 12.5 Å². The molecule has 3 aromatic rings. The smallest absolute Gasteiger partial charge is 0.356 e. The van der Waals surface area contributed by atoms with E-state index >= 15 is 0 Å². The third-order valence-corrected chi connectivity index (χ3v) is 3.87. The van der Waals surface area contributed by atoms with Gasteiger partial charge in [-0.05, 0) is 24.6 Å². The van der Waals surface area contributed by atoms with Gasteiger partial charge >= 0.3 is 5.95 Å². The summed E-state index contributed by atoms with van der Waals surface area (Å²) >= 11 is 0. The molecule has 0 saturated heterocycles. The molecule has 0 saturated carbocycles. The summed E-state index contributed by atoms with van der Waals surface area (Å²) in [6, 6.07) is 17.8. The van der Waals surface area contributed by atoms with Gasteiger partial charge in [0.05, 0.1) is 6.54 Å². The number of benzene rings is 2. The van der Waals surface area contributed by atoms with Gasteiger partial charge in [0.15, 0.2) is 0 Å². The van der Waals surface area contributed by atoms with Crippen LogP contribution in [0.5, 0.6) is 0 Å². The number of rotatable bonds is 4. The number of nitrogens with two attached hydrogens (primary N) is 1. The van der Waals surface area contributed by atoms with Crippen molar-refractivity contribution in [2.24, 2.45) is 0 Å². The van der Waals surface area contributed by atoms with Crippen LogP contribution in [0, 0.1) is 0 Å². The van der Waals surface area contributed by atoms with E-state index < -0.39 is 6.10 Å². The number of nitrogens with zero attached hydrogens (tertiary/aromatic N) is 2. The summed E-state index contributed by atoms with van der Waals surface area (Å²) in [5.74, 6) is 0.675. The van der Waals surface area contributed by atoms with E-state index in [4.69, 9.17) is 5.73 Å². The second-order valence-corrected chi connectivity index (χ2v) is 5.13. The topological polar surface area (TPSA) is 55.1 Å². The largest absolute Gasteiger partial charge is 0.385 e. The predicted molar refractivity (Wildman–Crippen MR) is 83.6 cm³/mol. The zero-order chi connectivity index (χ0) is 14.8. The van der Waals surface area contributed by atoms with Gasteiger partial charge in [-0.3, -0.25) is 5.73 Å². The van der Waals surface area contributed by atoms with Crippen LogP contribution < -0.4 is 10.3 Å². The number of nitrogen functional groups attached to an aromatic ring is 1. The highest BCUT2D eigenvalue weighted by molar-refractivity contribution is 5.73. The highest BCUT2D eigenvalue weighted by atomic mass is 16.3. The number of fused-ring (bicyclic) bond motifs is 1. The Morgan fingerprint density at radius 2 is 1.76 bits per heavy atom. The number of imidazole rings is 1. The second kappa shape index (κ2) is 5.58. The fourth-order valence-corrected chi connectivity index (χ4v) is 2.79. The maximum absolute atomic E-state index is 10.5. The molecule has 3 rings (SSSR count). The third-order valence-electron chi connectivity index (χ3n) is 3.87. The van der Waals surface area contributed by atoms with Crippen molar-refractivity contribution >= 4 is 17.0 Å². The third kappa shape index (κ3) is 2.38. The first kappa shape index (κ1) is 13.6. The summed E-state index contributed by atoms with van der Waals surface area (Å²) in [6.07, 6.45) is -0.574. The van der Waals surface area contributed by atoms with Crippen LogP contribution >= 0.6 is 0 Å². The summed E-state index contributed by atoms with van der Waals surface area (Å²) in [6.45, 7) is 3.32. The van der Waals surface area contributed by atoms with Gasteiger partial charge in [0.1, 0.15) is 23.7 Å². The number of aliphatic hydroxyl groups excluding tert-OH is 1. The van der Waals surface area contributed by atoms with Gasteiger partial charge in [-0.15, -0.1) is 0 Å². The van der Waals surface area contributed by atoms with Crippen LogP contribution in [0.4, 0.5) is 5.95 Å². The van der Waals surface area contributed by atoms with Gasteiger partial charge in [0.2, 0.25) is 0 Å². The standard InChI is InChI=1S/C17H19N3O/c1-2-19-14-10-6-7-11-15(14)20(17(19)18)12-16(21)13-8-4-3-5-9-13/h3-11,16,18,21H,2,12H2,1H3/p+1. The first-order chi connectivity index (χ1) is 10.2. The lowest BCUT2D eigenvalue weighted by molar-refractivity contribution is -0.666. The lowest BCUT2D eigenvalue weighted by Crippen LogP contribution is -2.39. The molecule has 1 aromatic heterocycles. The molecule has 1 unspecified atom stereocenters. The van der Waals surface area contributed by atoms with E-state index in [1.807, 2.05) is 53.1 Å². The number of aliphatic hydroxyl groups is 1. The Labute approximate surface area is 124 Å². The molecule has 0 bridgehead atoms. The van der Waals surface area contributed by atoms with Gasteiger partial charge in [0, 0.05) is 0 Å². The van der Waals surface area contributed by atoms with Crippen LogP contribution in [0.25, 0.3) is 11.0 Å². The molecule has 0 aliphatic heterocycles. The molecule has 108 valence electrons. The molecule has 0 radical (unpaired) electrons. The second-order valence-electron chi connectivity index (χ2n) is 5.13. The van der Waals surface area contributed by atoms with Crippen molar-refractivity contribution in [3.05, 3.63) is 60.2 Å². The first-order valence-electron chi connectivity index (χ1n) is 7.22. The van der Waals surface area contributed by atoms with Gasteiger partial charge in [-0.2, -0.15) is 0 Å². The van der Waals surface area contributed by atoms with Crippen molar-refractivity contribution in [2.75, 3.05) is 5.73 Å². The average molecular weight is 282 g/mol. The highest BCUT2D eigenvalue weighted by Gasteiger charge is 2.22. The van der Waals surface area contributed by atoms with Crippen LogP contribution in [0.1, 0.15) is 18.6 Å². The zero-order valence-corrected chi connectivity index (χ0v) is 12.1. The molecule has 21 heavy (non-hydrogen) atoms. The van der Waals surface area contributed by atoms with E-state index in [9.17, 15) is 5.11 Å². The van der Waals surface area contributed by atoms with Gasteiger partial charge in [-0.25, -0.2) is 9.13 Å². The molecule has 0 spiro atoms. The first-order valence-corrected chi connectivity index (χ1v) is 7.22. The lowest BCUT2D eigenvalue weighted by Gasteiger charge is -2.10. The van der Waals surface area contributed by atoms with Crippen LogP contribution in [-0.4, -0.2) is 9.67 Å². The molecule has 0 aliphatic rings. The summed E-state index contributed by atoms with van der Waals surface area (Å²) in [4.78, 5) is 0. The number of hydrogen-bond donors (Lipinski definition) is 2. The molecule has 0 aliphatic carbocycles. The summed E-state index contributed by atoms with van der Waals surface area (Å²) < 4.78 is 4.05. The Morgan fingerprint density at radius 1 is 1.10 bits per heavy atom. The van der Waals surface area contributed by atoms with E-state index in [0.717, 1.165) is 23.1 Å². The van der Waals surface area contributed by atoms with Gasteiger partial charge in [0.25, 0.3) is 0 Å². The Morgan fingerprint density at radius 3 is 2.48 bits per heavy atom. The number of para-hydroxylation sites is 2. The van der Waals surface area contributed by atoms with Crippen molar-refractivity contribution in [1.29, 1.82) is 0 Å². The Hall–Kier alpha value is -2.33. The van der Waals surface area contributed by atoms with Crippen LogP contribution in [-0.2, 0) is 13.1 Å². The van der Waals surface area contributed by atoms with Crippen LogP contribution in [0.3, 0.4) is 0 Å². The van der Waals surface area contributed by atoms with Crippen molar-refractivity contribution in [2.45, 2.75) is 26.1 Å². The van der Waals surface area contributed by atoms with E-state index in [1.165, 1.54) is 0 Å². The van der Waals surface area contributed by atoms with Crippen molar-refractivity contribution in [3.8, 4) is 0 Å².